The third-order valence-corrected chi connectivity index (χ3v) is 6.67. The van der Waals surface area contributed by atoms with Crippen LogP contribution in [0.3, 0.4) is 0 Å². The molecule has 3 heterocycles. The van der Waals surface area contributed by atoms with E-state index in [0.717, 1.165) is 30.8 Å². The smallest absolute Gasteiger partial charge is 0.275 e. The van der Waals surface area contributed by atoms with Gasteiger partial charge < -0.3 is 5.32 Å². The molecular weight excluding hydrogens is 547 g/mol. The quantitative estimate of drug-likeness (QED) is 0.325. The summed E-state index contributed by atoms with van der Waals surface area (Å²) >= 11 is 5.77. The molecule has 0 bridgehead atoms. The Morgan fingerprint density at radius 1 is 1.11 bits per heavy atom. The van der Waals surface area contributed by atoms with E-state index in [-0.39, 0.29) is 27.3 Å². The van der Waals surface area contributed by atoms with Crippen LogP contribution < -0.4 is 5.32 Å². The van der Waals surface area contributed by atoms with Crippen molar-refractivity contribution >= 4 is 33.0 Å². The van der Waals surface area contributed by atoms with Crippen molar-refractivity contribution in [2.75, 3.05) is 11.6 Å². The molecule has 0 spiro atoms. The predicted octanol–water partition coefficient (Wildman–Crippen LogP) is 4.43. The second kappa shape index (κ2) is 10.5. The number of amides is 1. The van der Waals surface area contributed by atoms with Gasteiger partial charge in [0.25, 0.3) is 12.3 Å². The summed E-state index contributed by atoms with van der Waals surface area (Å²) < 4.78 is 66.5. The second-order valence-corrected chi connectivity index (χ2v) is 10.5. The topological polar surface area (TPSA) is 133 Å². The fourth-order valence-electron chi connectivity index (χ4n) is 3.60. The van der Waals surface area contributed by atoms with Crippen molar-refractivity contribution in [1.29, 1.82) is 0 Å². The van der Waals surface area contributed by atoms with Gasteiger partial charge in [-0.2, -0.15) is 5.10 Å². The van der Waals surface area contributed by atoms with Crippen LogP contribution in [0, 0.1) is 12.7 Å². The summed E-state index contributed by atoms with van der Waals surface area (Å²) in [6.45, 7) is 3.42. The molecule has 1 unspecified atom stereocenters. The van der Waals surface area contributed by atoms with Crippen LogP contribution >= 0.6 is 11.6 Å². The van der Waals surface area contributed by atoms with Gasteiger partial charge in [-0.05, 0) is 19.9 Å². The summed E-state index contributed by atoms with van der Waals surface area (Å²) in [4.78, 5) is 28.6. The highest BCUT2D eigenvalue weighted by molar-refractivity contribution is 7.90. The molecular formula is C23H19ClF3N7O3S. The van der Waals surface area contributed by atoms with Gasteiger partial charge >= 0.3 is 0 Å². The Morgan fingerprint density at radius 2 is 1.84 bits per heavy atom. The van der Waals surface area contributed by atoms with E-state index in [9.17, 15) is 26.4 Å². The number of nitrogens with zero attached hydrogens (tertiary/aromatic N) is 6. The van der Waals surface area contributed by atoms with E-state index in [0.29, 0.717) is 11.3 Å². The number of alkyl halides is 2. The van der Waals surface area contributed by atoms with E-state index < -0.39 is 45.2 Å². The zero-order valence-electron chi connectivity index (χ0n) is 20.0. The minimum atomic E-state index is -3.57. The van der Waals surface area contributed by atoms with Gasteiger partial charge in [0.15, 0.2) is 5.82 Å². The first kappa shape index (κ1) is 27.1. The maximum absolute atomic E-state index is 14.6. The van der Waals surface area contributed by atoms with Gasteiger partial charge in [0.05, 0.1) is 41.0 Å². The first-order valence-corrected chi connectivity index (χ1v) is 13.1. The van der Waals surface area contributed by atoms with Crippen molar-refractivity contribution in [3.05, 3.63) is 76.5 Å². The number of hydrogen-bond donors (Lipinski definition) is 1. The molecule has 0 aliphatic carbocycles. The summed E-state index contributed by atoms with van der Waals surface area (Å²) in [5.74, 6) is -1.85. The Hall–Kier alpha value is -3.91. The third kappa shape index (κ3) is 5.50. The lowest BCUT2D eigenvalue weighted by atomic mass is 10.0. The van der Waals surface area contributed by atoms with Gasteiger partial charge in [-0.15, -0.1) is 0 Å². The van der Waals surface area contributed by atoms with E-state index in [2.05, 4.69) is 30.4 Å². The molecule has 4 rings (SSSR count). The number of halogens is 4. The van der Waals surface area contributed by atoms with Gasteiger partial charge in [-0.25, -0.2) is 36.5 Å². The van der Waals surface area contributed by atoms with Gasteiger partial charge in [0.2, 0.25) is 15.0 Å². The number of hydrogen-bond acceptors (Lipinski definition) is 8. The number of aromatic nitrogens is 6. The molecule has 0 saturated carbocycles. The van der Waals surface area contributed by atoms with Crippen molar-refractivity contribution in [3.8, 4) is 11.3 Å². The lowest BCUT2D eigenvalue weighted by Gasteiger charge is -2.14. The minimum Gasteiger partial charge on any atom is -0.318 e. The van der Waals surface area contributed by atoms with E-state index in [1.165, 1.54) is 23.3 Å². The van der Waals surface area contributed by atoms with Crippen molar-refractivity contribution < 1.29 is 26.4 Å². The van der Waals surface area contributed by atoms with Crippen LogP contribution in [0.25, 0.3) is 11.3 Å². The number of carbonyl (C=O) groups excluding carboxylic acids is 1. The van der Waals surface area contributed by atoms with Crippen LogP contribution in [-0.2, 0) is 9.84 Å². The van der Waals surface area contributed by atoms with Crippen LogP contribution in [0.15, 0.2) is 48.3 Å². The summed E-state index contributed by atoms with van der Waals surface area (Å²) in [7, 11) is -3.57. The van der Waals surface area contributed by atoms with E-state index >= 15 is 0 Å². The second-order valence-electron chi connectivity index (χ2n) is 8.22. The monoisotopic (exact) mass is 565 g/mol. The Labute approximate surface area is 219 Å². The minimum absolute atomic E-state index is 0.261. The van der Waals surface area contributed by atoms with Crippen LogP contribution in [0.1, 0.15) is 46.7 Å². The van der Waals surface area contributed by atoms with E-state index in [4.69, 9.17) is 11.6 Å². The summed E-state index contributed by atoms with van der Waals surface area (Å²) in [6, 6.07) is 1.57. The maximum atomic E-state index is 14.6. The van der Waals surface area contributed by atoms with Gasteiger partial charge in [-0.3, -0.25) is 14.5 Å². The first-order chi connectivity index (χ1) is 17.9. The molecule has 1 amide bonds. The lowest BCUT2D eigenvalue weighted by Crippen LogP contribution is -2.15. The standard InChI is InChI=1S/C23H19ClF3N7O3S/c1-11-15(7-29-23(31-11)38(3,36)37)12(2)34-10-13(6-30-34)32-22(35)18-9-28-8-17(33-18)19-14(21(26)27)4-5-16(24)20(19)25/h4-10,12,21H,1-3H3,(H,32,35). The number of aryl methyl sites for hydroxylation is 1. The van der Waals surface area contributed by atoms with Crippen molar-refractivity contribution in [2.24, 2.45) is 0 Å². The number of rotatable bonds is 7. The zero-order valence-corrected chi connectivity index (χ0v) is 21.6. The molecule has 4 aromatic rings. The molecule has 0 radical (unpaired) electrons. The molecule has 15 heteroatoms. The Kier molecular flexibility index (Phi) is 7.47. The highest BCUT2D eigenvalue weighted by atomic mass is 35.5. The normalized spacial score (nSPS) is 12.5. The molecule has 1 atom stereocenters. The molecule has 1 N–H and O–H groups in total. The summed E-state index contributed by atoms with van der Waals surface area (Å²) in [5, 5.41) is 6.11. The van der Waals surface area contributed by atoms with Crippen LogP contribution in [0.2, 0.25) is 5.02 Å². The van der Waals surface area contributed by atoms with Crippen LogP contribution in [-0.4, -0.2) is 50.3 Å². The fourth-order valence-corrected chi connectivity index (χ4v) is 4.30. The van der Waals surface area contributed by atoms with Crippen molar-refractivity contribution in [3.63, 3.8) is 0 Å². The predicted molar refractivity (Wildman–Crippen MR) is 131 cm³/mol. The van der Waals surface area contributed by atoms with Gasteiger partial charge in [0, 0.05) is 41.0 Å². The highest BCUT2D eigenvalue weighted by Crippen LogP contribution is 2.35. The van der Waals surface area contributed by atoms with Crippen LogP contribution in [0.5, 0.6) is 0 Å². The Bertz CT molecular complexity index is 1650. The van der Waals surface area contributed by atoms with Gasteiger partial charge in [-0.1, -0.05) is 17.7 Å². The number of sulfone groups is 1. The fraction of sp³-hybridized carbons (Fsp3) is 0.217. The molecule has 3 aromatic heterocycles. The largest absolute Gasteiger partial charge is 0.318 e. The SMILES string of the molecule is Cc1nc(S(C)(=O)=O)ncc1C(C)n1cc(NC(=O)c2cncc(-c3c(C(F)F)ccc(Cl)c3F)n2)cn1. The number of anilines is 1. The molecule has 10 nitrogen and oxygen atoms in total. The number of benzene rings is 1. The molecule has 1 aromatic carbocycles. The first-order valence-electron chi connectivity index (χ1n) is 10.8. The molecule has 0 aliphatic rings. The van der Waals surface area contributed by atoms with E-state index in [1.807, 2.05) is 0 Å². The van der Waals surface area contributed by atoms with Crippen LogP contribution in [0.4, 0.5) is 18.9 Å². The average molecular weight is 566 g/mol. The molecule has 0 fully saturated rings. The molecule has 0 saturated heterocycles. The molecule has 38 heavy (non-hydrogen) atoms. The summed E-state index contributed by atoms with van der Waals surface area (Å²) in [6.07, 6.45) is 4.41. The number of nitrogens with one attached hydrogen (secondary N) is 1. The maximum Gasteiger partial charge on any atom is 0.275 e. The van der Waals surface area contributed by atoms with Crippen molar-refractivity contribution in [1.82, 2.24) is 29.7 Å². The third-order valence-electron chi connectivity index (χ3n) is 5.52. The van der Waals surface area contributed by atoms with E-state index in [1.54, 1.807) is 13.8 Å². The molecule has 0 aliphatic heterocycles. The van der Waals surface area contributed by atoms with Crippen molar-refractivity contribution in [2.45, 2.75) is 31.5 Å². The molecule has 198 valence electrons. The Morgan fingerprint density at radius 3 is 2.50 bits per heavy atom. The zero-order chi connectivity index (χ0) is 27.8. The lowest BCUT2D eigenvalue weighted by molar-refractivity contribution is 0.102. The highest BCUT2D eigenvalue weighted by Gasteiger charge is 2.23. The average Bonchev–Trinajstić information content (AvgIpc) is 3.33. The van der Waals surface area contributed by atoms with Gasteiger partial charge in [0.1, 0.15) is 5.69 Å². The Balaban J connectivity index is 1.57. The summed E-state index contributed by atoms with van der Waals surface area (Å²) in [5.41, 5.74) is -0.419. The number of carbonyl (C=O) groups is 1.